The van der Waals surface area contributed by atoms with Crippen LogP contribution in [-0.2, 0) is 10.3 Å². The highest BCUT2D eigenvalue weighted by Gasteiger charge is 2.45. The Balaban J connectivity index is 2.50. The lowest BCUT2D eigenvalue weighted by Gasteiger charge is -2.08. The van der Waals surface area contributed by atoms with E-state index in [-0.39, 0.29) is 5.69 Å². The van der Waals surface area contributed by atoms with E-state index in [1.165, 1.54) is 18.2 Å². The van der Waals surface area contributed by atoms with Crippen molar-refractivity contribution in [3.63, 3.8) is 0 Å². The zero-order chi connectivity index (χ0) is 11.8. The van der Waals surface area contributed by atoms with Gasteiger partial charge in [-0.05, 0) is 24.5 Å². The van der Waals surface area contributed by atoms with Crippen molar-refractivity contribution in [3.05, 3.63) is 38.3 Å². The first-order valence-corrected chi connectivity index (χ1v) is 5.41. The molecule has 1 aliphatic carbocycles. The van der Waals surface area contributed by atoms with Crippen LogP contribution in [0, 0.1) is 10.1 Å². The molecular weight excluding hydrogens is 276 g/mol. The van der Waals surface area contributed by atoms with Crippen molar-refractivity contribution in [2.75, 3.05) is 0 Å². The number of carbonyl (C=O) groups excluding carboxylic acids is 1. The van der Waals surface area contributed by atoms with Crippen LogP contribution >= 0.6 is 15.9 Å². The summed E-state index contributed by atoms with van der Waals surface area (Å²) >= 11 is 3.21. The summed E-state index contributed by atoms with van der Waals surface area (Å²) in [4.78, 5) is 24.3. The lowest BCUT2D eigenvalue weighted by atomic mass is 10.1. The molecule has 1 aromatic rings. The van der Waals surface area contributed by atoms with Gasteiger partial charge >= 0.3 is 0 Å². The maximum Gasteiger partial charge on any atom is 0.270 e. The molecule has 1 aromatic carbocycles. The third kappa shape index (κ3) is 1.89. The number of aliphatic imine (C=N–C) groups is 1. The van der Waals surface area contributed by atoms with Gasteiger partial charge in [-0.2, -0.15) is 4.99 Å². The highest BCUT2D eigenvalue weighted by molar-refractivity contribution is 9.10. The standard InChI is InChI=1S/C10H7BrN2O3/c11-8-3-7(4-9(5-8)13(15)16)10(1-2-10)12-6-14/h3-5H,1-2H2. The summed E-state index contributed by atoms with van der Waals surface area (Å²) in [5.41, 5.74) is 0.115. The fraction of sp³-hybridized carbons (Fsp3) is 0.300. The third-order valence-corrected chi connectivity index (χ3v) is 3.07. The van der Waals surface area contributed by atoms with Gasteiger partial charge in [0.05, 0.1) is 10.5 Å². The van der Waals surface area contributed by atoms with E-state index in [4.69, 9.17) is 0 Å². The van der Waals surface area contributed by atoms with Crippen LogP contribution in [0.1, 0.15) is 18.4 Å². The van der Waals surface area contributed by atoms with E-state index < -0.39 is 10.5 Å². The van der Waals surface area contributed by atoms with Gasteiger partial charge in [-0.3, -0.25) is 10.1 Å². The van der Waals surface area contributed by atoms with Gasteiger partial charge in [0.15, 0.2) is 0 Å². The molecule has 0 radical (unpaired) electrons. The number of non-ortho nitro benzene ring substituents is 1. The van der Waals surface area contributed by atoms with Gasteiger partial charge in [0.2, 0.25) is 6.08 Å². The summed E-state index contributed by atoms with van der Waals surface area (Å²) in [6, 6.07) is 4.63. The van der Waals surface area contributed by atoms with Crippen LogP contribution in [0.5, 0.6) is 0 Å². The van der Waals surface area contributed by atoms with Crippen LogP contribution in [-0.4, -0.2) is 11.0 Å². The van der Waals surface area contributed by atoms with E-state index in [0.717, 1.165) is 12.8 Å². The van der Waals surface area contributed by atoms with Crippen LogP contribution < -0.4 is 0 Å². The number of isocyanates is 1. The minimum Gasteiger partial charge on any atom is -0.258 e. The summed E-state index contributed by atoms with van der Waals surface area (Å²) in [5.74, 6) is 0. The lowest BCUT2D eigenvalue weighted by Crippen LogP contribution is -2.03. The molecule has 1 fully saturated rings. The van der Waals surface area contributed by atoms with Gasteiger partial charge in [0.1, 0.15) is 0 Å². The van der Waals surface area contributed by atoms with E-state index in [2.05, 4.69) is 20.9 Å². The number of nitro groups is 1. The van der Waals surface area contributed by atoms with E-state index in [0.29, 0.717) is 10.0 Å². The number of hydrogen-bond acceptors (Lipinski definition) is 4. The van der Waals surface area contributed by atoms with Gasteiger partial charge in [0.25, 0.3) is 5.69 Å². The molecule has 82 valence electrons. The van der Waals surface area contributed by atoms with Crippen LogP contribution in [0.4, 0.5) is 5.69 Å². The molecule has 1 saturated carbocycles. The Morgan fingerprint density at radius 2 is 2.12 bits per heavy atom. The minimum atomic E-state index is -0.573. The second kappa shape index (κ2) is 3.81. The molecular formula is C10H7BrN2O3. The quantitative estimate of drug-likeness (QED) is 0.370. The monoisotopic (exact) mass is 282 g/mol. The molecule has 2 rings (SSSR count). The maximum absolute atomic E-state index is 10.7. The van der Waals surface area contributed by atoms with Gasteiger partial charge < -0.3 is 0 Å². The average molecular weight is 283 g/mol. The van der Waals surface area contributed by atoms with Gasteiger partial charge in [0, 0.05) is 16.6 Å². The summed E-state index contributed by atoms with van der Waals surface area (Å²) in [7, 11) is 0. The second-order valence-electron chi connectivity index (χ2n) is 3.69. The van der Waals surface area contributed by atoms with Crippen molar-refractivity contribution in [1.82, 2.24) is 0 Å². The fourth-order valence-electron chi connectivity index (χ4n) is 1.62. The predicted octanol–water partition coefficient (Wildman–Crippen LogP) is 2.68. The molecule has 0 aromatic heterocycles. The van der Waals surface area contributed by atoms with Gasteiger partial charge in [-0.25, -0.2) is 4.79 Å². The summed E-state index contributed by atoms with van der Waals surface area (Å²) in [6.07, 6.45) is 2.99. The minimum absolute atomic E-state index is 0.00301. The highest BCUT2D eigenvalue weighted by atomic mass is 79.9. The van der Waals surface area contributed by atoms with Gasteiger partial charge in [-0.15, -0.1) is 0 Å². The van der Waals surface area contributed by atoms with E-state index in [1.54, 1.807) is 6.07 Å². The molecule has 1 aliphatic rings. The summed E-state index contributed by atoms with van der Waals surface area (Å²) in [6.45, 7) is 0. The third-order valence-electron chi connectivity index (χ3n) is 2.61. The zero-order valence-electron chi connectivity index (χ0n) is 8.14. The Morgan fingerprint density at radius 3 is 2.62 bits per heavy atom. The molecule has 16 heavy (non-hydrogen) atoms. The molecule has 5 nitrogen and oxygen atoms in total. The van der Waals surface area contributed by atoms with Crippen molar-refractivity contribution in [2.45, 2.75) is 18.4 Å². The molecule has 0 aliphatic heterocycles. The first kappa shape index (κ1) is 11.0. The molecule has 6 heteroatoms. The van der Waals surface area contributed by atoms with E-state index in [1.807, 2.05) is 0 Å². The fourth-order valence-corrected chi connectivity index (χ4v) is 2.10. The second-order valence-corrected chi connectivity index (χ2v) is 4.61. The average Bonchev–Trinajstić information content (AvgIpc) is 2.98. The van der Waals surface area contributed by atoms with Crippen LogP contribution in [0.3, 0.4) is 0 Å². The molecule has 0 heterocycles. The van der Waals surface area contributed by atoms with Crippen molar-refractivity contribution in [3.8, 4) is 0 Å². The number of nitrogens with zero attached hydrogens (tertiary/aromatic N) is 2. The highest BCUT2D eigenvalue weighted by Crippen LogP contribution is 2.50. The van der Waals surface area contributed by atoms with E-state index >= 15 is 0 Å². The van der Waals surface area contributed by atoms with Crippen LogP contribution in [0.15, 0.2) is 27.7 Å². The summed E-state index contributed by atoms with van der Waals surface area (Å²) < 4.78 is 0.615. The first-order valence-electron chi connectivity index (χ1n) is 4.62. The molecule has 0 spiro atoms. The largest absolute Gasteiger partial charge is 0.270 e. The number of hydrogen-bond donors (Lipinski definition) is 0. The lowest BCUT2D eigenvalue weighted by molar-refractivity contribution is -0.385. The Morgan fingerprint density at radius 1 is 1.44 bits per heavy atom. The molecule has 0 saturated heterocycles. The Bertz CT molecular complexity index is 505. The van der Waals surface area contributed by atoms with Crippen molar-refractivity contribution in [1.29, 1.82) is 0 Å². The smallest absolute Gasteiger partial charge is 0.258 e. The zero-order valence-corrected chi connectivity index (χ0v) is 9.73. The molecule has 0 N–H and O–H groups in total. The normalized spacial score (nSPS) is 16.3. The maximum atomic E-state index is 10.7. The Hall–Kier alpha value is -1.52. The number of nitro benzene ring substituents is 1. The topological polar surface area (TPSA) is 72.6 Å². The number of rotatable bonds is 3. The first-order chi connectivity index (χ1) is 7.57. The van der Waals surface area contributed by atoms with E-state index in [9.17, 15) is 14.9 Å². The Labute approximate surface area is 99.5 Å². The van der Waals surface area contributed by atoms with Crippen molar-refractivity contribution < 1.29 is 9.72 Å². The molecule has 0 unspecified atom stereocenters. The van der Waals surface area contributed by atoms with Gasteiger partial charge in [-0.1, -0.05) is 15.9 Å². The van der Waals surface area contributed by atoms with Crippen LogP contribution in [0.25, 0.3) is 0 Å². The van der Waals surface area contributed by atoms with Crippen molar-refractivity contribution in [2.24, 2.45) is 4.99 Å². The number of benzene rings is 1. The summed E-state index contributed by atoms with van der Waals surface area (Å²) in [5, 5.41) is 10.7. The van der Waals surface area contributed by atoms with Crippen molar-refractivity contribution >= 4 is 27.7 Å². The van der Waals surface area contributed by atoms with Crippen LogP contribution in [0.2, 0.25) is 0 Å². The predicted molar refractivity (Wildman–Crippen MR) is 59.8 cm³/mol. The number of halogens is 1. The SMILES string of the molecule is O=C=NC1(c2cc(Br)cc([N+](=O)[O-])c2)CC1. The Kier molecular flexibility index (Phi) is 2.61. The molecule has 0 amide bonds. The molecule has 0 atom stereocenters. The molecule has 0 bridgehead atoms.